The van der Waals surface area contributed by atoms with Gasteiger partial charge < -0.3 is 0 Å². The lowest BCUT2D eigenvalue weighted by atomic mass is 10.4. The van der Waals surface area contributed by atoms with E-state index in [9.17, 15) is 0 Å². The van der Waals surface area contributed by atoms with Gasteiger partial charge in [-0.25, -0.2) is 0 Å². The van der Waals surface area contributed by atoms with Crippen LogP contribution in [-0.4, -0.2) is 0 Å². The molecule has 0 unspecified atom stereocenters. The van der Waals surface area contributed by atoms with Gasteiger partial charge in [0.15, 0.2) is 0 Å². The van der Waals surface area contributed by atoms with E-state index in [2.05, 4.69) is 47.8 Å². The summed E-state index contributed by atoms with van der Waals surface area (Å²) in [7, 11) is 0. The van der Waals surface area contributed by atoms with Gasteiger partial charge in [-0.3, -0.25) is 0 Å². The fourth-order valence-corrected chi connectivity index (χ4v) is 5.96. The van der Waals surface area contributed by atoms with Crippen molar-refractivity contribution in [3.05, 3.63) is 29.2 Å². The van der Waals surface area contributed by atoms with E-state index < -0.39 is 0 Å². The van der Waals surface area contributed by atoms with Crippen LogP contribution in [0.25, 0.3) is 9.75 Å². The van der Waals surface area contributed by atoms with Gasteiger partial charge in [-0.15, -0.1) is 22.7 Å². The molecule has 0 aliphatic carbocycles. The van der Waals surface area contributed by atoms with Crippen molar-refractivity contribution in [2.75, 3.05) is 0 Å². The van der Waals surface area contributed by atoms with Gasteiger partial charge in [0, 0.05) is 4.47 Å². The van der Waals surface area contributed by atoms with E-state index in [0.29, 0.717) is 0 Å². The molecule has 0 spiro atoms. The molecule has 14 heavy (non-hydrogen) atoms. The highest BCUT2D eigenvalue weighted by Crippen LogP contribution is 2.46. The van der Waals surface area contributed by atoms with Crippen LogP contribution < -0.4 is 0 Å². The lowest BCUT2D eigenvalue weighted by molar-refractivity contribution is 1.83. The Hall–Kier alpha value is 1.13. The summed E-state index contributed by atoms with van der Waals surface area (Å²) in [4.78, 5) is 2.26. The maximum atomic E-state index is 6.11. The van der Waals surface area contributed by atoms with Crippen molar-refractivity contribution >= 4 is 82.1 Å². The Morgan fingerprint density at radius 3 is 1.93 bits per heavy atom. The molecule has 0 amide bonds. The van der Waals surface area contributed by atoms with Gasteiger partial charge >= 0.3 is 0 Å². The van der Waals surface area contributed by atoms with E-state index >= 15 is 0 Å². The van der Waals surface area contributed by atoms with Crippen LogP contribution in [-0.2, 0) is 0 Å². The van der Waals surface area contributed by atoms with Gasteiger partial charge in [-0.1, -0.05) is 11.6 Å². The quantitative estimate of drug-likeness (QED) is 0.483. The second-order valence-corrected chi connectivity index (χ2v) is 8.58. The van der Waals surface area contributed by atoms with E-state index in [1.165, 1.54) is 0 Å². The molecule has 0 N–H and O–H groups in total. The van der Waals surface area contributed by atoms with Crippen molar-refractivity contribution < 1.29 is 0 Å². The smallest absolute Gasteiger partial charge is 0.0720 e. The van der Waals surface area contributed by atoms with Gasteiger partial charge in [0.25, 0.3) is 0 Å². The monoisotopic (exact) mass is 434 g/mol. The molecular weight excluding hydrogens is 435 g/mol. The lowest BCUT2D eigenvalue weighted by Gasteiger charge is -1.93. The molecule has 0 fully saturated rings. The predicted molar refractivity (Wildman–Crippen MR) is 75.7 cm³/mol. The van der Waals surface area contributed by atoms with Crippen molar-refractivity contribution in [1.29, 1.82) is 0 Å². The summed E-state index contributed by atoms with van der Waals surface area (Å²) in [5.41, 5.74) is 0. The predicted octanol–water partition coefficient (Wildman–Crippen LogP) is 6.42. The molecule has 2 aromatic rings. The fourth-order valence-electron chi connectivity index (χ4n) is 0.991. The molecule has 0 saturated heterocycles. The molecule has 2 aromatic heterocycles. The maximum absolute atomic E-state index is 6.11. The standard InChI is InChI=1S/C8H2Br3ClS2/c9-3-1-5(10)13-7(3)8-4(12)2-6(11)14-8/h1-2H. The normalized spacial score (nSPS) is 10.9. The van der Waals surface area contributed by atoms with E-state index in [1.54, 1.807) is 22.7 Å². The molecule has 0 nitrogen and oxygen atoms in total. The summed E-state index contributed by atoms with van der Waals surface area (Å²) in [5.74, 6) is 0. The first kappa shape index (κ1) is 11.6. The third kappa shape index (κ3) is 2.28. The zero-order valence-electron chi connectivity index (χ0n) is 6.48. The lowest BCUT2D eigenvalue weighted by Crippen LogP contribution is -1.64. The average Bonchev–Trinajstić information content (AvgIpc) is 2.55. The van der Waals surface area contributed by atoms with Gasteiger partial charge in [0.1, 0.15) is 0 Å². The van der Waals surface area contributed by atoms with Crippen molar-refractivity contribution in [3.8, 4) is 9.75 Å². The molecule has 0 bridgehead atoms. The Morgan fingerprint density at radius 1 is 0.929 bits per heavy atom. The summed E-state index contributed by atoms with van der Waals surface area (Å²) in [6.07, 6.45) is 0. The summed E-state index contributed by atoms with van der Waals surface area (Å²) >= 11 is 19.8. The Kier molecular flexibility index (Phi) is 3.78. The largest absolute Gasteiger partial charge is 0.126 e. The Labute approximate surface area is 120 Å². The van der Waals surface area contributed by atoms with Crippen LogP contribution in [0.5, 0.6) is 0 Å². The van der Waals surface area contributed by atoms with Gasteiger partial charge in [-0.05, 0) is 59.9 Å². The minimum atomic E-state index is 0.789. The number of hydrogen-bond acceptors (Lipinski definition) is 2. The molecule has 2 rings (SSSR count). The second kappa shape index (κ2) is 4.55. The Morgan fingerprint density at radius 2 is 1.50 bits per heavy atom. The highest BCUT2D eigenvalue weighted by molar-refractivity contribution is 9.11. The summed E-state index contributed by atoms with van der Waals surface area (Å²) in [6, 6.07) is 3.95. The van der Waals surface area contributed by atoms with Crippen molar-refractivity contribution in [1.82, 2.24) is 0 Å². The van der Waals surface area contributed by atoms with E-state index in [0.717, 1.165) is 26.8 Å². The van der Waals surface area contributed by atoms with E-state index in [-0.39, 0.29) is 0 Å². The highest BCUT2D eigenvalue weighted by Gasteiger charge is 2.14. The third-order valence-electron chi connectivity index (χ3n) is 1.52. The summed E-state index contributed by atoms with van der Waals surface area (Å²) in [6.45, 7) is 0. The average molecular weight is 437 g/mol. The first-order chi connectivity index (χ1) is 6.58. The number of thiophene rings is 2. The molecule has 0 saturated carbocycles. The van der Waals surface area contributed by atoms with Crippen LogP contribution in [0.3, 0.4) is 0 Å². The molecular formula is C8H2Br3ClS2. The Bertz CT molecular complexity index is 431. The summed E-state index contributed by atoms with van der Waals surface area (Å²) in [5, 5.41) is 0.789. The van der Waals surface area contributed by atoms with Gasteiger partial charge in [-0.2, -0.15) is 0 Å². The molecule has 0 aromatic carbocycles. The molecule has 6 heteroatoms. The molecule has 0 aliphatic heterocycles. The van der Waals surface area contributed by atoms with E-state index in [1.807, 2.05) is 12.1 Å². The van der Waals surface area contributed by atoms with Crippen LogP contribution in [0.2, 0.25) is 5.02 Å². The van der Waals surface area contributed by atoms with Crippen LogP contribution >= 0.6 is 82.1 Å². The second-order valence-electron chi connectivity index (χ2n) is 2.46. The molecule has 74 valence electrons. The first-order valence-electron chi connectivity index (χ1n) is 3.48. The van der Waals surface area contributed by atoms with Gasteiger partial charge in [0.05, 0.1) is 22.3 Å². The zero-order valence-corrected chi connectivity index (χ0v) is 13.6. The number of halogens is 4. The van der Waals surface area contributed by atoms with Crippen LogP contribution in [0.15, 0.2) is 24.2 Å². The topological polar surface area (TPSA) is 0 Å². The maximum Gasteiger partial charge on any atom is 0.0720 e. The van der Waals surface area contributed by atoms with Crippen molar-refractivity contribution in [2.45, 2.75) is 0 Å². The minimum Gasteiger partial charge on any atom is -0.126 e. The SMILES string of the molecule is Clc1cc(Br)sc1-c1sc(Br)cc1Br. The minimum absolute atomic E-state index is 0.789. The molecule has 0 atom stereocenters. The molecule has 0 radical (unpaired) electrons. The number of hydrogen-bond donors (Lipinski definition) is 0. The van der Waals surface area contributed by atoms with Crippen LogP contribution in [0.4, 0.5) is 0 Å². The highest BCUT2D eigenvalue weighted by atomic mass is 79.9. The summed E-state index contributed by atoms with van der Waals surface area (Å²) < 4.78 is 3.22. The zero-order chi connectivity index (χ0) is 10.3. The van der Waals surface area contributed by atoms with Crippen LogP contribution in [0, 0.1) is 0 Å². The third-order valence-corrected chi connectivity index (χ3v) is 6.26. The van der Waals surface area contributed by atoms with E-state index in [4.69, 9.17) is 11.6 Å². The molecule has 2 heterocycles. The first-order valence-corrected chi connectivity index (χ1v) is 7.87. The Balaban J connectivity index is 2.59. The van der Waals surface area contributed by atoms with Crippen molar-refractivity contribution in [3.63, 3.8) is 0 Å². The van der Waals surface area contributed by atoms with Crippen LogP contribution in [0.1, 0.15) is 0 Å². The molecule has 0 aliphatic rings. The van der Waals surface area contributed by atoms with Crippen molar-refractivity contribution in [2.24, 2.45) is 0 Å². The van der Waals surface area contributed by atoms with Gasteiger partial charge in [0.2, 0.25) is 0 Å². The fraction of sp³-hybridized carbons (Fsp3) is 0. The number of rotatable bonds is 1.